The van der Waals surface area contributed by atoms with E-state index in [9.17, 15) is 13.6 Å². The molecular formula is C20H18F2N6O2. The minimum atomic E-state index is -2.47. The minimum absolute atomic E-state index is 0.221. The van der Waals surface area contributed by atoms with Crippen LogP contribution in [0.15, 0.2) is 49.2 Å². The van der Waals surface area contributed by atoms with Gasteiger partial charge in [-0.1, -0.05) is 12.1 Å². The van der Waals surface area contributed by atoms with Crippen molar-refractivity contribution in [1.82, 2.24) is 29.7 Å². The number of amides is 1. The summed E-state index contributed by atoms with van der Waals surface area (Å²) in [5, 5.41) is 19.4. The standard InChI is InChI=1S/C20H18F2N6O2/c1-12-4-13(2-3-14(12)6-23-20(29)30)19-17-5-15(9-28(17)26-11-24-19)16-7-25-27(8-16)10-18(21)22/h2-5,7-9,11,18,23H,6,10H2,1H3,(H,29,30). The lowest BCUT2D eigenvalue weighted by atomic mass is 10.0. The van der Waals surface area contributed by atoms with E-state index in [1.807, 2.05) is 31.2 Å². The quantitative estimate of drug-likeness (QED) is 0.504. The van der Waals surface area contributed by atoms with E-state index in [1.54, 1.807) is 23.1 Å². The van der Waals surface area contributed by atoms with Crippen LogP contribution in [0.5, 0.6) is 0 Å². The number of alkyl halides is 2. The molecule has 1 aromatic carbocycles. The lowest BCUT2D eigenvalue weighted by Crippen LogP contribution is -2.20. The molecule has 0 fully saturated rings. The topological polar surface area (TPSA) is 97.3 Å². The van der Waals surface area contributed by atoms with Crippen LogP contribution >= 0.6 is 0 Å². The number of hydrogen-bond acceptors (Lipinski definition) is 4. The molecule has 1 amide bonds. The molecule has 0 spiro atoms. The number of carbonyl (C=O) groups is 1. The van der Waals surface area contributed by atoms with Gasteiger partial charge in [0, 0.05) is 35.6 Å². The average Bonchev–Trinajstić information content (AvgIpc) is 3.32. The van der Waals surface area contributed by atoms with Crippen molar-refractivity contribution in [3.8, 4) is 22.4 Å². The number of benzene rings is 1. The van der Waals surface area contributed by atoms with Crippen LogP contribution in [0.3, 0.4) is 0 Å². The number of nitrogens with zero attached hydrogens (tertiary/aromatic N) is 5. The zero-order valence-electron chi connectivity index (χ0n) is 16.0. The first-order valence-electron chi connectivity index (χ1n) is 9.12. The Balaban J connectivity index is 1.68. The molecule has 8 nitrogen and oxygen atoms in total. The van der Waals surface area contributed by atoms with Crippen LogP contribution < -0.4 is 5.32 Å². The fourth-order valence-electron chi connectivity index (χ4n) is 3.28. The van der Waals surface area contributed by atoms with E-state index in [2.05, 4.69) is 20.5 Å². The highest BCUT2D eigenvalue weighted by Gasteiger charge is 2.13. The fraction of sp³-hybridized carbons (Fsp3) is 0.200. The molecule has 4 rings (SSSR count). The summed E-state index contributed by atoms with van der Waals surface area (Å²) in [7, 11) is 0. The summed E-state index contributed by atoms with van der Waals surface area (Å²) in [4.78, 5) is 15.1. The van der Waals surface area contributed by atoms with Gasteiger partial charge in [0.2, 0.25) is 0 Å². The molecule has 0 bridgehead atoms. The molecule has 0 saturated heterocycles. The molecule has 0 radical (unpaired) electrons. The molecule has 3 aromatic heterocycles. The predicted octanol–water partition coefficient (Wildman–Crippen LogP) is 3.60. The molecule has 0 aliphatic heterocycles. The van der Waals surface area contributed by atoms with Crippen molar-refractivity contribution in [2.24, 2.45) is 0 Å². The third-order valence-corrected chi connectivity index (χ3v) is 4.74. The zero-order chi connectivity index (χ0) is 21.3. The highest BCUT2D eigenvalue weighted by Crippen LogP contribution is 2.29. The van der Waals surface area contributed by atoms with Gasteiger partial charge in [0.1, 0.15) is 12.9 Å². The molecule has 0 atom stereocenters. The Morgan fingerprint density at radius 3 is 2.73 bits per heavy atom. The number of rotatable bonds is 6. The molecule has 0 saturated carbocycles. The Morgan fingerprint density at radius 2 is 2.00 bits per heavy atom. The van der Waals surface area contributed by atoms with Crippen molar-refractivity contribution in [2.75, 3.05) is 0 Å². The molecule has 0 unspecified atom stereocenters. The van der Waals surface area contributed by atoms with Gasteiger partial charge in [-0.3, -0.25) is 4.68 Å². The first kappa shape index (κ1) is 19.5. The first-order chi connectivity index (χ1) is 14.4. The SMILES string of the molecule is Cc1cc(-c2ncnn3cc(-c4cnn(CC(F)F)c4)cc23)ccc1CNC(=O)O. The molecule has 3 heterocycles. The number of hydrogen-bond donors (Lipinski definition) is 2. The molecule has 4 aromatic rings. The van der Waals surface area contributed by atoms with E-state index in [0.29, 0.717) is 11.3 Å². The summed E-state index contributed by atoms with van der Waals surface area (Å²) in [6.45, 7) is 1.67. The Hall–Kier alpha value is -3.82. The van der Waals surface area contributed by atoms with E-state index in [0.717, 1.165) is 27.8 Å². The third-order valence-electron chi connectivity index (χ3n) is 4.74. The molecular weight excluding hydrogens is 394 g/mol. The second kappa shape index (κ2) is 7.90. The van der Waals surface area contributed by atoms with Crippen molar-refractivity contribution >= 4 is 11.6 Å². The maximum absolute atomic E-state index is 12.6. The Morgan fingerprint density at radius 1 is 1.17 bits per heavy atom. The van der Waals surface area contributed by atoms with Crippen LogP contribution in [-0.4, -0.2) is 42.0 Å². The van der Waals surface area contributed by atoms with Crippen molar-refractivity contribution in [3.63, 3.8) is 0 Å². The molecule has 10 heteroatoms. The number of fused-ring (bicyclic) bond motifs is 1. The van der Waals surface area contributed by atoms with Crippen molar-refractivity contribution in [3.05, 3.63) is 60.3 Å². The number of carboxylic acid groups (broad SMARTS) is 1. The van der Waals surface area contributed by atoms with Gasteiger partial charge in [0.15, 0.2) is 0 Å². The van der Waals surface area contributed by atoms with E-state index >= 15 is 0 Å². The van der Waals surface area contributed by atoms with Crippen LogP contribution in [0.25, 0.3) is 27.9 Å². The van der Waals surface area contributed by atoms with Crippen molar-refractivity contribution in [1.29, 1.82) is 0 Å². The van der Waals surface area contributed by atoms with Gasteiger partial charge in [-0.25, -0.2) is 23.1 Å². The lowest BCUT2D eigenvalue weighted by molar-refractivity contribution is 0.122. The van der Waals surface area contributed by atoms with E-state index in [4.69, 9.17) is 5.11 Å². The monoisotopic (exact) mass is 412 g/mol. The Bertz CT molecular complexity index is 1220. The predicted molar refractivity (Wildman–Crippen MR) is 105 cm³/mol. The molecule has 30 heavy (non-hydrogen) atoms. The van der Waals surface area contributed by atoms with E-state index < -0.39 is 19.1 Å². The van der Waals surface area contributed by atoms with Crippen LogP contribution in [0.2, 0.25) is 0 Å². The summed E-state index contributed by atoms with van der Waals surface area (Å²) in [6, 6.07) is 7.56. The van der Waals surface area contributed by atoms with E-state index in [1.165, 1.54) is 11.0 Å². The number of nitrogens with one attached hydrogen (secondary N) is 1. The second-order valence-corrected chi connectivity index (χ2v) is 6.81. The third kappa shape index (κ3) is 3.97. The molecule has 0 aliphatic rings. The number of aromatic nitrogens is 5. The zero-order valence-corrected chi connectivity index (χ0v) is 16.0. The van der Waals surface area contributed by atoms with Crippen LogP contribution in [0.4, 0.5) is 13.6 Å². The largest absolute Gasteiger partial charge is 0.465 e. The highest BCUT2D eigenvalue weighted by atomic mass is 19.3. The van der Waals surface area contributed by atoms with Crippen LogP contribution in [0.1, 0.15) is 11.1 Å². The summed E-state index contributed by atoms with van der Waals surface area (Å²) in [6.07, 6.45) is 2.80. The van der Waals surface area contributed by atoms with Gasteiger partial charge < -0.3 is 10.4 Å². The Labute approximate surface area is 169 Å². The fourth-order valence-corrected chi connectivity index (χ4v) is 3.28. The van der Waals surface area contributed by atoms with Gasteiger partial charge in [0.25, 0.3) is 6.43 Å². The molecule has 2 N–H and O–H groups in total. The average molecular weight is 412 g/mol. The maximum atomic E-state index is 12.6. The smallest absolute Gasteiger partial charge is 0.404 e. The van der Waals surface area contributed by atoms with Gasteiger partial charge in [-0.05, 0) is 30.2 Å². The van der Waals surface area contributed by atoms with E-state index in [-0.39, 0.29) is 6.54 Å². The van der Waals surface area contributed by atoms with Crippen molar-refractivity contribution in [2.45, 2.75) is 26.4 Å². The summed E-state index contributed by atoms with van der Waals surface area (Å²) in [5.41, 5.74) is 5.61. The molecule has 0 aliphatic carbocycles. The number of halogens is 2. The van der Waals surface area contributed by atoms with Crippen LogP contribution in [0, 0.1) is 6.92 Å². The van der Waals surface area contributed by atoms with Gasteiger partial charge in [-0.2, -0.15) is 10.2 Å². The summed E-state index contributed by atoms with van der Waals surface area (Å²) in [5.74, 6) is 0. The second-order valence-electron chi connectivity index (χ2n) is 6.81. The lowest BCUT2D eigenvalue weighted by Gasteiger charge is -2.09. The summed E-state index contributed by atoms with van der Waals surface area (Å²) >= 11 is 0. The van der Waals surface area contributed by atoms with Crippen LogP contribution in [-0.2, 0) is 13.1 Å². The maximum Gasteiger partial charge on any atom is 0.404 e. The first-order valence-corrected chi connectivity index (χ1v) is 9.12. The minimum Gasteiger partial charge on any atom is -0.465 e. The highest BCUT2D eigenvalue weighted by molar-refractivity contribution is 5.81. The number of aryl methyl sites for hydroxylation is 1. The summed E-state index contributed by atoms with van der Waals surface area (Å²) < 4.78 is 28.0. The van der Waals surface area contributed by atoms with Crippen molar-refractivity contribution < 1.29 is 18.7 Å². The van der Waals surface area contributed by atoms with Gasteiger partial charge in [0.05, 0.1) is 17.4 Å². The van der Waals surface area contributed by atoms with Gasteiger partial charge in [-0.15, -0.1) is 0 Å². The Kier molecular flexibility index (Phi) is 5.13. The molecule has 154 valence electrons. The van der Waals surface area contributed by atoms with Gasteiger partial charge >= 0.3 is 6.09 Å². The normalized spacial score (nSPS) is 11.3.